The van der Waals surface area contributed by atoms with E-state index in [1.165, 1.54) is 18.5 Å². The van der Waals surface area contributed by atoms with Crippen LogP contribution in [0.15, 0.2) is 53.0 Å². The first-order valence-corrected chi connectivity index (χ1v) is 10.4. The van der Waals surface area contributed by atoms with Crippen LogP contribution in [0.25, 0.3) is 0 Å². The fourth-order valence-corrected chi connectivity index (χ4v) is 5.07. The molecule has 0 bridgehead atoms. The number of halogens is 2. The minimum absolute atomic E-state index is 0.0276. The van der Waals surface area contributed by atoms with E-state index in [9.17, 15) is 13.2 Å². The number of nitrogens with zero attached hydrogens (tertiary/aromatic N) is 2. The topological polar surface area (TPSA) is 89.0 Å². The van der Waals surface area contributed by atoms with Gasteiger partial charge in [0.05, 0.1) is 11.9 Å². The summed E-state index contributed by atoms with van der Waals surface area (Å²) in [6, 6.07) is 9.53. The van der Waals surface area contributed by atoms with E-state index in [0.717, 1.165) is 11.3 Å². The smallest absolute Gasteiger partial charge is 0.276 e. The van der Waals surface area contributed by atoms with Crippen molar-refractivity contribution in [1.29, 1.82) is 0 Å². The summed E-state index contributed by atoms with van der Waals surface area (Å²) in [4.78, 5) is 19.9. The highest BCUT2D eigenvalue weighted by atomic mass is 35.5. The van der Waals surface area contributed by atoms with E-state index in [4.69, 9.17) is 23.2 Å². The molecule has 0 fully saturated rings. The van der Waals surface area contributed by atoms with E-state index in [1.807, 2.05) is 0 Å². The average molecular weight is 428 g/mol. The number of thiazole rings is 1. The molecule has 0 aliphatic heterocycles. The van der Waals surface area contributed by atoms with Crippen molar-refractivity contribution in [2.75, 3.05) is 5.32 Å². The first kappa shape index (κ1) is 18.8. The molecule has 134 valence electrons. The Morgan fingerprint density at radius 3 is 2.65 bits per heavy atom. The van der Waals surface area contributed by atoms with Crippen LogP contribution in [-0.2, 0) is 15.6 Å². The van der Waals surface area contributed by atoms with Crippen LogP contribution < -0.4 is 5.32 Å². The lowest BCUT2D eigenvalue weighted by atomic mass is 10.2. The number of benzene rings is 1. The molecule has 6 nitrogen and oxygen atoms in total. The number of amides is 1. The molecule has 0 radical (unpaired) electrons. The molecule has 0 unspecified atom stereocenters. The number of nitrogens with one attached hydrogen (secondary N) is 1. The Kier molecular flexibility index (Phi) is 5.57. The van der Waals surface area contributed by atoms with Crippen molar-refractivity contribution in [2.24, 2.45) is 0 Å². The zero-order valence-corrected chi connectivity index (χ0v) is 16.2. The molecule has 3 aromatic rings. The molecule has 1 aromatic carbocycles. The third-order valence-corrected chi connectivity index (χ3v) is 6.99. The van der Waals surface area contributed by atoms with Gasteiger partial charge in [0.15, 0.2) is 15.0 Å². The maximum absolute atomic E-state index is 12.6. The van der Waals surface area contributed by atoms with E-state index in [1.54, 1.807) is 30.3 Å². The van der Waals surface area contributed by atoms with Gasteiger partial charge in [-0.3, -0.25) is 15.1 Å². The van der Waals surface area contributed by atoms with E-state index in [-0.39, 0.29) is 25.8 Å². The Morgan fingerprint density at radius 2 is 1.96 bits per heavy atom. The first-order chi connectivity index (χ1) is 12.3. The van der Waals surface area contributed by atoms with Crippen LogP contribution in [0.2, 0.25) is 10.0 Å². The summed E-state index contributed by atoms with van der Waals surface area (Å²) in [5.74, 6) is -0.761. The summed E-state index contributed by atoms with van der Waals surface area (Å²) in [6.45, 7) is 0. The molecule has 0 saturated carbocycles. The molecule has 1 amide bonds. The Morgan fingerprint density at radius 1 is 1.15 bits per heavy atom. The van der Waals surface area contributed by atoms with Gasteiger partial charge in [0.25, 0.3) is 5.91 Å². The second kappa shape index (κ2) is 7.71. The lowest BCUT2D eigenvalue weighted by molar-refractivity contribution is 0.102. The molecule has 0 aliphatic rings. The van der Waals surface area contributed by atoms with Crippen molar-refractivity contribution in [3.63, 3.8) is 0 Å². The molecular weight excluding hydrogens is 417 g/mol. The van der Waals surface area contributed by atoms with Gasteiger partial charge in [-0.15, -0.1) is 0 Å². The summed E-state index contributed by atoms with van der Waals surface area (Å²) in [6.07, 6.45) is 2.69. The molecule has 2 heterocycles. The third-order valence-electron chi connectivity index (χ3n) is 3.27. The summed E-state index contributed by atoms with van der Waals surface area (Å²) in [5.41, 5.74) is 0.642. The predicted octanol–water partition coefficient (Wildman–Crippen LogP) is 4.07. The van der Waals surface area contributed by atoms with Gasteiger partial charge in [-0.1, -0.05) is 46.7 Å². The van der Waals surface area contributed by atoms with Crippen LogP contribution in [0, 0.1) is 0 Å². The van der Waals surface area contributed by atoms with Crippen molar-refractivity contribution in [1.82, 2.24) is 9.97 Å². The van der Waals surface area contributed by atoms with Crippen molar-refractivity contribution in [3.8, 4) is 0 Å². The normalized spacial score (nSPS) is 11.3. The monoisotopic (exact) mass is 427 g/mol. The molecule has 1 N–H and O–H groups in total. The quantitative estimate of drug-likeness (QED) is 0.662. The lowest BCUT2D eigenvalue weighted by Crippen LogP contribution is -2.12. The summed E-state index contributed by atoms with van der Waals surface area (Å²) in [7, 11) is -3.67. The standard InChI is InChI=1S/C16H11Cl2N3O3S2/c17-11-5-4-10(12(18)7-11)9-26(23,24)14-8-20-16(25-14)21-15(22)13-3-1-2-6-19-13/h1-8H,9H2,(H,20,21,22). The van der Waals surface area contributed by atoms with Gasteiger partial charge in [0.2, 0.25) is 0 Å². The zero-order chi connectivity index (χ0) is 18.7. The minimum atomic E-state index is -3.67. The number of sulfone groups is 1. The molecule has 2 aromatic heterocycles. The first-order valence-electron chi connectivity index (χ1n) is 7.20. The predicted molar refractivity (Wildman–Crippen MR) is 102 cm³/mol. The number of anilines is 1. The summed E-state index contributed by atoms with van der Waals surface area (Å²) in [5, 5.41) is 3.40. The number of hydrogen-bond acceptors (Lipinski definition) is 6. The molecule has 10 heteroatoms. The number of carbonyl (C=O) groups is 1. The number of hydrogen-bond donors (Lipinski definition) is 1. The average Bonchev–Trinajstić information content (AvgIpc) is 3.08. The highest BCUT2D eigenvalue weighted by molar-refractivity contribution is 7.92. The van der Waals surface area contributed by atoms with Gasteiger partial charge in [0, 0.05) is 16.2 Å². The summed E-state index contributed by atoms with van der Waals surface area (Å²) < 4.78 is 25.2. The van der Waals surface area contributed by atoms with E-state index < -0.39 is 15.7 Å². The fraction of sp³-hybridized carbons (Fsp3) is 0.0625. The van der Waals surface area contributed by atoms with E-state index in [2.05, 4.69) is 15.3 Å². The van der Waals surface area contributed by atoms with Crippen molar-refractivity contribution in [2.45, 2.75) is 9.96 Å². The number of rotatable bonds is 5. The summed E-state index contributed by atoms with van der Waals surface area (Å²) >= 11 is 12.7. The Balaban J connectivity index is 1.77. The molecule has 0 aliphatic carbocycles. The second-order valence-corrected chi connectivity index (χ2v) is 9.24. The van der Waals surface area contributed by atoms with Gasteiger partial charge >= 0.3 is 0 Å². The number of carbonyl (C=O) groups excluding carboxylic acids is 1. The molecule has 0 saturated heterocycles. The maximum Gasteiger partial charge on any atom is 0.276 e. The van der Waals surface area contributed by atoms with Gasteiger partial charge < -0.3 is 0 Å². The van der Waals surface area contributed by atoms with Crippen LogP contribution in [0.5, 0.6) is 0 Å². The molecule has 26 heavy (non-hydrogen) atoms. The van der Waals surface area contributed by atoms with Crippen molar-refractivity contribution < 1.29 is 13.2 Å². The largest absolute Gasteiger partial charge is 0.296 e. The van der Waals surface area contributed by atoms with Crippen molar-refractivity contribution >= 4 is 55.4 Å². The van der Waals surface area contributed by atoms with Crippen LogP contribution in [0.1, 0.15) is 16.1 Å². The second-order valence-electron chi connectivity index (χ2n) is 5.15. The van der Waals surface area contributed by atoms with E-state index >= 15 is 0 Å². The SMILES string of the molecule is O=C(Nc1ncc(S(=O)(=O)Cc2ccc(Cl)cc2Cl)s1)c1ccccn1. The van der Waals surface area contributed by atoms with Gasteiger partial charge in [-0.2, -0.15) is 0 Å². The Labute approximate surface area is 163 Å². The maximum atomic E-state index is 12.6. The van der Waals surface area contributed by atoms with Gasteiger partial charge in [0.1, 0.15) is 9.90 Å². The number of pyridine rings is 1. The zero-order valence-electron chi connectivity index (χ0n) is 13.0. The third kappa shape index (κ3) is 4.39. The van der Waals surface area contributed by atoms with Crippen LogP contribution in [0.3, 0.4) is 0 Å². The Bertz CT molecular complexity index is 1050. The van der Waals surface area contributed by atoms with Crippen LogP contribution in [-0.4, -0.2) is 24.3 Å². The molecular formula is C16H11Cl2N3O3S2. The highest BCUT2D eigenvalue weighted by Crippen LogP contribution is 2.29. The van der Waals surface area contributed by atoms with Gasteiger partial charge in [-0.25, -0.2) is 13.4 Å². The molecule has 0 atom stereocenters. The van der Waals surface area contributed by atoms with Crippen LogP contribution >= 0.6 is 34.5 Å². The highest BCUT2D eigenvalue weighted by Gasteiger charge is 2.21. The molecule has 3 rings (SSSR count). The van der Waals surface area contributed by atoms with Crippen molar-refractivity contribution in [3.05, 3.63) is 70.1 Å². The Hall–Kier alpha value is -2.00. The lowest BCUT2D eigenvalue weighted by Gasteiger charge is -2.04. The molecule has 0 spiro atoms. The van der Waals surface area contributed by atoms with Gasteiger partial charge in [-0.05, 0) is 29.8 Å². The van der Waals surface area contributed by atoms with E-state index in [0.29, 0.717) is 10.6 Å². The fourth-order valence-electron chi connectivity index (χ4n) is 2.03. The number of aromatic nitrogens is 2. The van der Waals surface area contributed by atoms with Crippen LogP contribution in [0.4, 0.5) is 5.13 Å². The minimum Gasteiger partial charge on any atom is -0.296 e.